The quantitative estimate of drug-likeness (QED) is 0.316. The van der Waals surface area contributed by atoms with Crippen LogP contribution in [0, 0.1) is 0 Å². The summed E-state index contributed by atoms with van der Waals surface area (Å²) in [5, 5.41) is 8.28. The number of hydrogen-bond acceptors (Lipinski definition) is 7. The van der Waals surface area contributed by atoms with Crippen molar-refractivity contribution in [3.05, 3.63) is 72.5 Å². The molecular weight excluding hydrogens is 378 g/mol. The summed E-state index contributed by atoms with van der Waals surface area (Å²) >= 11 is 3.20. The molecule has 0 fully saturated rings. The predicted molar refractivity (Wildman–Crippen MR) is 106 cm³/mol. The van der Waals surface area contributed by atoms with Crippen molar-refractivity contribution in [2.75, 3.05) is 0 Å². The Bertz CT molecular complexity index is 1180. The average molecular weight is 391 g/mol. The smallest absolute Gasteiger partial charge is 0.205 e. The van der Waals surface area contributed by atoms with Crippen LogP contribution in [0.3, 0.4) is 0 Å². The van der Waals surface area contributed by atoms with Crippen molar-refractivity contribution in [1.29, 1.82) is 0 Å². The van der Waals surface area contributed by atoms with Crippen molar-refractivity contribution in [2.45, 2.75) is 10.8 Å². The second-order valence-electron chi connectivity index (χ2n) is 5.69. The molecule has 5 aromatic rings. The molecule has 0 aliphatic rings. The summed E-state index contributed by atoms with van der Waals surface area (Å²) in [6.45, 7) is 0. The van der Waals surface area contributed by atoms with E-state index in [1.54, 1.807) is 41.8 Å². The third kappa shape index (κ3) is 3.13. The van der Waals surface area contributed by atoms with Gasteiger partial charge in [0, 0.05) is 0 Å². The SMILES string of the molecule is c1ccc(-n2ncc3c(SCc4ncc(-c5cccs5)o4)ncnc32)cc1. The molecule has 0 N–H and O–H groups in total. The maximum absolute atomic E-state index is 5.85. The number of nitrogens with zero attached hydrogens (tertiary/aromatic N) is 5. The minimum atomic E-state index is 0.591. The molecule has 0 aliphatic carbocycles. The van der Waals surface area contributed by atoms with Gasteiger partial charge in [0.2, 0.25) is 5.89 Å². The van der Waals surface area contributed by atoms with Crippen molar-refractivity contribution < 1.29 is 4.42 Å². The monoisotopic (exact) mass is 391 g/mol. The molecular formula is C19H13N5OS2. The largest absolute Gasteiger partial charge is 0.439 e. The van der Waals surface area contributed by atoms with Gasteiger partial charge in [-0.15, -0.1) is 11.3 Å². The average Bonchev–Trinajstić information content (AvgIpc) is 3.47. The van der Waals surface area contributed by atoms with Gasteiger partial charge < -0.3 is 4.42 Å². The normalized spacial score (nSPS) is 11.3. The van der Waals surface area contributed by atoms with Crippen LogP contribution in [0.2, 0.25) is 0 Å². The van der Waals surface area contributed by atoms with Crippen LogP contribution in [0.15, 0.2) is 76.0 Å². The molecule has 132 valence electrons. The Morgan fingerprint density at radius 3 is 2.78 bits per heavy atom. The van der Waals surface area contributed by atoms with E-state index < -0.39 is 0 Å². The third-order valence-corrected chi connectivity index (χ3v) is 5.85. The highest BCUT2D eigenvalue weighted by Crippen LogP contribution is 2.30. The summed E-state index contributed by atoms with van der Waals surface area (Å²) in [6, 6.07) is 14.0. The van der Waals surface area contributed by atoms with Crippen molar-refractivity contribution in [1.82, 2.24) is 24.7 Å². The van der Waals surface area contributed by atoms with Gasteiger partial charge in [0.15, 0.2) is 11.4 Å². The summed E-state index contributed by atoms with van der Waals surface area (Å²) in [4.78, 5) is 14.3. The lowest BCUT2D eigenvalue weighted by Crippen LogP contribution is -1.97. The van der Waals surface area contributed by atoms with Gasteiger partial charge in [-0.05, 0) is 23.6 Å². The minimum absolute atomic E-state index is 0.591. The first-order chi connectivity index (χ1) is 13.4. The van der Waals surface area contributed by atoms with E-state index in [0.717, 1.165) is 32.4 Å². The Morgan fingerprint density at radius 2 is 1.93 bits per heavy atom. The first-order valence-corrected chi connectivity index (χ1v) is 10.1. The number of aromatic nitrogens is 5. The fourth-order valence-electron chi connectivity index (χ4n) is 2.74. The summed E-state index contributed by atoms with van der Waals surface area (Å²) in [7, 11) is 0. The van der Waals surface area contributed by atoms with Crippen LogP contribution in [0.25, 0.3) is 27.4 Å². The molecule has 0 bridgehead atoms. The zero-order valence-electron chi connectivity index (χ0n) is 14.0. The fraction of sp³-hybridized carbons (Fsp3) is 0.0526. The van der Waals surface area contributed by atoms with E-state index >= 15 is 0 Å². The molecule has 0 saturated heterocycles. The van der Waals surface area contributed by atoms with Crippen LogP contribution in [0.5, 0.6) is 0 Å². The van der Waals surface area contributed by atoms with Gasteiger partial charge in [-0.25, -0.2) is 19.6 Å². The summed E-state index contributed by atoms with van der Waals surface area (Å²) < 4.78 is 7.67. The Labute approximate surface area is 162 Å². The first kappa shape index (κ1) is 16.2. The van der Waals surface area contributed by atoms with Crippen molar-refractivity contribution in [3.63, 3.8) is 0 Å². The van der Waals surface area contributed by atoms with Gasteiger partial charge >= 0.3 is 0 Å². The van der Waals surface area contributed by atoms with Crippen LogP contribution >= 0.6 is 23.1 Å². The van der Waals surface area contributed by atoms with Crippen LogP contribution in [0.4, 0.5) is 0 Å². The highest BCUT2D eigenvalue weighted by atomic mass is 32.2. The molecule has 27 heavy (non-hydrogen) atoms. The van der Waals surface area contributed by atoms with Crippen LogP contribution in [0.1, 0.15) is 5.89 Å². The van der Waals surface area contributed by atoms with E-state index in [-0.39, 0.29) is 0 Å². The molecule has 0 unspecified atom stereocenters. The van der Waals surface area contributed by atoms with Crippen LogP contribution in [-0.4, -0.2) is 24.7 Å². The third-order valence-electron chi connectivity index (χ3n) is 3.98. The molecule has 0 saturated carbocycles. The highest BCUT2D eigenvalue weighted by Gasteiger charge is 2.13. The van der Waals surface area contributed by atoms with Gasteiger partial charge in [0.25, 0.3) is 0 Å². The Morgan fingerprint density at radius 1 is 1.00 bits per heavy atom. The molecule has 0 aliphatic heterocycles. The lowest BCUT2D eigenvalue weighted by Gasteiger charge is -2.03. The highest BCUT2D eigenvalue weighted by molar-refractivity contribution is 7.98. The van der Waals surface area contributed by atoms with Crippen molar-refractivity contribution in [2.24, 2.45) is 0 Å². The fourth-order valence-corrected chi connectivity index (χ4v) is 4.22. The summed E-state index contributed by atoms with van der Waals surface area (Å²) in [5.74, 6) is 2.06. The second-order valence-corrected chi connectivity index (χ2v) is 7.60. The van der Waals surface area contributed by atoms with Gasteiger partial charge in [-0.2, -0.15) is 5.10 Å². The number of rotatable bonds is 5. The minimum Gasteiger partial charge on any atom is -0.439 e. The molecule has 1 aromatic carbocycles. The molecule has 6 nitrogen and oxygen atoms in total. The standard InChI is InChI=1S/C19H13N5OS2/c1-2-5-13(6-3-1)24-18-14(9-23-24)19(22-12-21-18)27-11-17-20-10-15(25-17)16-7-4-8-26-16/h1-10,12H,11H2. The zero-order chi connectivity index (χ0) is 18.1. The second kappa shape index (κ2) is 6.98. The Kier molecular flexibility index (Phi) is 4.19. The summed E-state index contributed by atoms with van der Waals surface area (Å²) in [5.41, 5.74) is 1.75. The molecule has 4 aromatic heterocycles. The molecule has 5 rings (SSSR count). The molecule has 8 heteroatoms. The maximum atomic E-state index is 5.85. The number of thioether (sulfide) groups is 1. The Balaban J connectivity index is 1.40. The topological polar surface area (TPSA) is 69.6 Å². The van der Waals surface area contributed by atoms with Gasteiger partial charge in [-0.3, -0.25) is 0 Å². The number of hydrogen-bond donors (Lipinski definition) is 0. The van der Waals surface area contributed by atoms with E-state index in [2.05, 4.69) is 20.1 Å². The lowest BCUT2D eigenvalue weighted by molar-refractivity contribution is 0.531. The Hall–Kier alpha value is -2.97. The molecule has 0 atom stereocenters. The first-order valence-electron chi connectivity index (χ1n) is 8.24. The van der Waals surface area contributed by atoms with E-state index in [9.17, 15) is 0 Å². The number of oxazole rings is 1. The molecule has 0 radical (unpaired) electrons. The van der Waals surface area contributed by atoms with Gasteiger partial charge in [0.1, 0.15) is 11.4 Å². The molecule has 0 amide bonds. The van der Waals surface area contributed by atoms with Crippen molar-refractivity contribution in [3.8, 4) is 16.3 Å². The molecule has 0 spiro atoms. The summed E-state index contributed by atoms with van der Waals surface area (Å²) in [6.07, 6.45) is 5.14. The van der Waals surface area contributed by atoms with E-state index in [0.29, 0.717) is 11.6 Å². The van der Waals surface area contributed by atoms with E-state index in [1.165, 1.54) is 0 Å². The van der Waals surface area contributed by atoms with Crippen molar-refractivity contribution >= 4 is 34.1 Å². The lowest BCUT2D eigenvalue weighted by atomic mass is 10.3. The van der Waals surface area contributed by atoms with Crippen LogP contribution in [-0.2, 0) is 5.75 Å². The number of para-hydroxylation sites is 1. The number of fused-ring (bicyclic) bond motifs is 1. The number of thiophene rings is 1. The van der Waals surface area contributed by atoms with Gasteiger partial charge in [0.05, 0.1) is 34.1 Å². The maximum Gasteiger partial charge on any atom is 0.205 e. The van der Waals surface area contributed by atoms with E-state index in [1.807, 2.05) is 52.5 Å². The molecule has 4 heterocycles. The van der Waals surface area contributed by atoms with Crippen LogP contribution < -0.4 is 0 Å². The number of benzene rings is 1. The zero-order valence-corrected chi connectivity index (χ0v) is 15.7. The van der Waals surface area contributed by atoms with E-state index in [4.69, 9.17) is 4.42 Å². The van der Waals surface area contributed by atoms with Gasteiger partial charge in [-0.1, -0.05) is 36.0 Å². The predicted octanol–water partition coefficient (Wildman–Crippen LogP) is 4.82.